The van der Waals surface area contributed by atoms with Gasteiger partial charge in [0.15, 0.2) is 0 Å². The lowest BCUT2D eigenvalue weighted by Gasteiger charge is -2.43. The third-order valence-electron chi connectivity index (χ3n) is 5.17. The van der Waals surface area contributed by atoms with Gasteiger partial charge < -0.3 is 10.2 Å². The van der Waals surface area contributed by atoms with E-state index >= 15 is 0 Å². The summed E-state index contributed by atoms with van der Waals surface area (Å²) in [5.41, 5.74) is -0.875. The maximum absolute atomic E-state index is 10.6. The van der Waals surface area contributed by atoms with Gasteiger partial charge >= 0.3 is 0 Å². The van der Waals surface area contributed by atoms with Crippen LogP contribution in [0.2, 0.25) is 0 Å². The third-order valence-corrected chi connectivity index (χ3v) is 5.17. The van der Waals surface area contributed by atoms with E-state index in [4.69, 9.17) is 0 Å². The maximum Gasteiger partial charge on any atom is 0.0935 e. The summed E-state index contributed by atoms with van der Waals surface area (Å²) in [7, 11) is 0. The normalized spacial score (nSPS) is 45.6. The Balaban J connectivity index is 2.29. The second-order valence-corrected chi connectivity index (χ2v) is 5.87. The fraction of sp³-hybridized carbons (Fsp3) is 1.00. The smallest absolute Gasteiger partial charge is 0.0935 e. The van der Waals surface area contributed by atoms with E-state index in [0.29, 0.717) is 5.92 Å². The molecule has 0 bridgehead atoms. The Kier molecular flexibility index (Phi) is 2.85. The summed E-state index contributed by atoms with van der Waals surface area (Å²) in [6, 6.07) is 0. The molecule has 15 heavy (non-hydrogen) atoms. The fourth-order valence-electron chi connectivity index (χ4n) is 3.98. The first-order valence-electron chi connectivity index (χ1n) is 6.41. The molecule has 0 saturated heterocycles. The van der Waals surface area contributed by atoms with E-state index in [2.05, 4.69) is 6.92 Å². The van der Waals surface area contributed by atoms with Crippen LogP contribution in [0.25, 0.3) is 0 Å². The molecule has 88 valence electrons. The van der Waals surface area contributed by atoms with Crippen molar-refractivity contribution in [3.8, 4) is 0 Å². The average Bonchev–Trinajstić information content (AvgIpc) is 2.40. The summed E-state index contributed by atoms with van der Waals surface area (Å²) in [5, 5.41) is 20.6. The van der Waals surface area contributed by atoms with E-state index in [1.807, 2.05) is 6.92 Å². The quantitative estimate of drug-likeness (QED) is 0.647. The van der Waals surface area contributed by atoms with Gasteiger partial charge in [0.05, 0.1) is 11.7 Å². The van der Waals surface area contributed by atoms with E-state index in [1.54, 1.807) is 0 Å². The molecule has 0 aromatic rings. The molecule has 2 rings (SSSR count). The molecular formula is C13H24O2. The van der Waals surface area contributed by atoms with Crippen molar-refractivity contribution in [3.63, 3.8) is 0 Å². The van der Waals surface area contributed by atoms with Crippen LogP contribution >= 0.6 is 0 Å². The van der Waals surface area contributed by atoms with Crippen LogP contribution < -0.4 is 0 Å². The number of hydrogen-bond acceptors (Lipinski definition) is 2. The zero-order valence-corrected chi connectivity index (χ0v) is 10.00. The minimum Gasteiger partial charge on any atom is -0.390 e. The molecular weight excluding hydrogens is 188 g/mol. The second kappa shape index (κ2) is 3.74. The molecule has 2 aliphatic carbocycles. The highest BCUT2D eigenvalue weighted by Gasteiger charge is 2.59. The Labute approximate surface area is 92.7 Å². The van der Waals surface area contributed by atoms with Gasteiger partial charge in [0.25, 0.3) is 0 Å². The standard InChI is InChI=1S/C13H24O2/c1-10-9-11(14)12(2,15)13(10)7-5-3-4-6-8-13/h10-11,14-15H,3-9H2,1-2H3/t10-,11-,12-/m0/s1. The Morgan fingerprint density at radius 3 is 2.00 bits per heavy atom. The van der Waals surface area contributed by atoms with Crippen LogP contribution in [0.3, 0.4) is 0 Å². The number of aliphatic hydroxyl groups excluding tert-OH is 1. The Morgan fingerprint density at radius 1 is 1.07 bits per heavy atom. The molecule has 0 amide bonds. The van der Waals surface area contributed by atoms with Gasteiger partial charge in [-0.05, 0) is 32.1 Å². The number of aliphatic hydroxyl groups is 2. The van der Waals surface area contributed by atoms with Crippen LogP contribution in [0.1, 0.15) is 58.8 Å². The van der Waals surface area contributed by atoms with Crippen LogP contribution in [0.5, 0.6) is 0 Å². The Morgan fingerprint density at radius 2 is 1.60 bits per heavy atom. The van der Waals surface area contributed by atoms with Crippen molar-refractivity contribution in [2.24, 2.45) is 11.3 Å². The monoisotopic (exact) mass is 212 g/mol. The van der Waals surface area contributed by atoms with Crippen LogP contribution in [0.15, 0.2) is 0 Å². The van der Waals surface area contributed by atoms with Gasteiger partial charge in [0.1, 0.15) is 0 Å². The van der Waals surface area contributed by atoms with Gasteiger partial charge in [-0.2, -0.15) is 0 Å². The van der Waals surface area contributed by atoms with Gasteiger partial charge in [-0.25, -0.2) is 0 Å². The van der Waals surface area contributed by atoms with Gasteiger partial charge in [-0.3, -0.25) is 0 Å². The molecule has 0 unspecified atom stereocenters. The van der Waals surface area contributed by atoms with E-state index in [1.165, 1.54) is 25.7 Å². The Hall–Kier alpha value is -0.0800. The molecule has 2 fully saturated rings. The summed E-state index contributed by atoms with van der Waals surface area (Å²) < 4.78 is 0. The minimum atomic E-state index is -0.864. The van der Waals surface area contributed by atoms with Crippen molar-refractivity contribution < 1.29 is 10.2 Å². The average molecular weight is 212 g/mol. The van der Waals surface area contributed by atoms with E-state index in [0.717, 1.165) is 19.3 Å². The summed E-state index contributed by atoms with van der Waals surface area (Å²) in [6.07, 6.45) is 7.45. The number of rotatable bonds is 0. The van der Waals surface area contributed by atoms with Gasteiger partial charge in [0, 0.05) is 5.41 Å². The maximum atomic E-state index is 10.6. The van der Waals surface area contributed by atoms with Crippen molar-refractivity contribution in [2.45, 2.75) is 70.5 Å². The Bertz CT molecular complexity index is 227. The molecule has 0 aromatic heterocycles. The highest BCUT2D eigenvalue weighted by atomic mass is 16.3. The molecule has 2 heteroatoms. The molecule has 3 atom stereocenters. The second-order valence-electron chi connectivity index (χ2n) is 5.87. The van der Waals surface area contributed by atoms with E-state index in [-0.39, 0.29) is 5.41 Å². The van der Waals surface area contributed by atoms with Crippen molar-refractivity contribution in [2.75, 3.05) is 0 Å². The van der Waals surface area contributed by atoms with Crippen LogP contribution in [-0.4, -0.2) is 21.9 Å². The lowest BCUT2D eigenvalue weighted by Crippen LogP contribution is -2.49. The van der Waals surface area contributed by atoms with E-state index in [9.17, 15) is 10.2 Å². The summed E-state index contributed by atoms with van der Waals surface area (Å²) in [5.74, 6) is 0.459. The molecule has 0 radical (unpaired) electrons. The summed E-state index contributed by atoms with van der Waals surface area (Å²) in [4.78, 5) is 0. The van der Waals surface area contributed by atoms with Gasteiger partial charge in [0.2, 0.25) is 0 Å². The van der Waals surface area contributed by atoms with Crippen LogP contribution in [-0.2, 0) is 0 Å². The van der Waals surface area contributed by atoms with Crippen molar-refractivity contribution >= 4 is 0 Å². The lowest BCUT2D eigenvalue weighted by atomic mass is 9.65. The summed E-state index contributed by atoms with van der Waals surface area (Å²) in [6.45, 7) is 4.06. The number of hydrogen-bond donors (Lipinski definition) is 2. The third kappa shape index (κ3) is 1.53. The molecule has 0 aromatic carbocycles. The predicted molar refractivity (Wildman–Crippen MR) is 60.5 cm³/mol. The zero-order valence-electron chi connectivity index (χ0n) is 10.00. The molecule has 1 spiro atoms. The zero-order chi connectivity index (χ0) is 11.1. The first-order chi connectivity index (χ1) is 7.01. The van der Waals surface area contributed by atoms with E-state index < -0.39 is 11.7 Å². The molecule has 0 aliphatic heterocycles. The molecule has 2 aliphatic rings. The highest BCUT2D eigenvalue weighted by molar-refractivity contribution is 5.09. The molecule has 2 nitrogen and oxygen atoms in total. The largest absolute Gasteiger partial charge is 0.390 e. The van der Waals surface area contributed by atoms with Crippen molar-refractivity contribution in [1.29, 1.82) is 0 Å². The topological polar surface area (TPSA) is 40.5 Å². The molecule has 2 N–H and O–H groups in total. The molecule has 0 heterocycles. The lowest BCUT2D eigenvalue weighted by molar-refractivity contribution is -0.122. The summed E-state index contributed by atoms with van der Waals surface area (Å²) >= 11 is 0. The first kappa shape index (κ1) is 11.4. The first-order valence-corrected chi connectivity index (χ1v) is 6.41. The molecule has 2 saturated carbocycles. The van der Waals surface area contributed by atoms with Crippen LogP contribution in [0.4, 0.5) is 0 Å². The van der Waals surface area contributed by atoms with Crippen molar-refractivity contribution in [3.05, 3.63) is 0 Å². The fourth-order valence-corrected chi connectivity index (χ4v) is 3.98. The predicted octanol–water partition coefficient (Wildman–Crippen LogP) is 2.48. The minimum absolute atomic E-state index is 0.0110. The van der Waals surface area contributed by atoms with Gasteiger partial charge in [-0.15, -0.1) is 0 Å². The highest BCUT2D eigenvalue weighted by Crippen LogP contribution is 2.57. The van der Waals surface area contributed by atoms with Crippen LogP contribution in [0, 0.1) is 11.3 Å². The van der Waals surface area contributed by atoms with Crippen molar-refractivity contribution in [1.82, 2.24) is 0 Å². The SMILES string of the molecule is C[C@H]1C[C@H](O)[C@](C)(O)C12CCCCCC2. The van der Waals surface area contributed by atoms with Gasteiger partial charge in [-0.1, -0.05) is 32.6 Å².